The summed E-state index contributed by atoms with van der Waals surface area (Å²) in [5.41, 5.74) is 2.56. The number of carbonyl (C=O) groups excluding carboxylic acids is 1. The van der Waals surface area contributed by atoms with Gasteiger partial charge >= 0.3 is 5.97 Å². The van der Waals surface area contributed by atoms with Crippen molar-refractivity contribution in [3.05, 3.63) is 23.8 Å². The highest BCUT2D eigenvalue weighted by atomic mass is 16.6. The third kappa shape index (κ3) is 1.59. The van der Waals surface area contributed by atoms with Gasteiger partial charge < -0.3 is 10.1 Å². The molecule has 4 saturated carbocycles. The van der Waals surface area contributed by atoms with Gasteiger partial charge in [0.15, 0.2) is 0 Å². The maximum Gasteiger partial charge on any atom is 0.331 e. The maximum atomic E-state index is 12.1. The van der Waals surface area contributed by atoms with Crippen molar-refractivity contribution in [1.29, 1.82) is 5.41 Å². The van der Waals surface area contributed by atoms with E-state index in [1.54, 1.807) is 11.6 Å². The molecule has 3 nitrogen and oxygen atoms in total. The summed E-state index contributed by atoms with van der Waals surface area (Å²) >= 11 is 0. The Bertz CT molecular complexity index is 796. The summed E-state index contributed by atoms with van der Waals surface area (Å²) in [5.74, 6) is 3.36. The van der Waals surface area contributed by atoms with Gasteiger partial charge in [-0.1, -0.05) is 19.4 Å². The average Bonchev–Trinajstić information content (AvgIpc) is 3.08. The molecule has 6 rings (SSSR count). The first kappa shape index (κ1) is 15.7. The molecule has 0 aromatic rings. The highest BCUT2D eigenvalue weighted by molar-refractivity contribution is 5.93. The molecule has 138 valence electrons. The fourth-order valence-corrected chi connectivity index (χ4v) is 8.76. The van der Waals surface area contributed by atoms with Gasteiger partial charge in [0.1, 0.15) is 5.60 Å². The topological polar surface area (TPSA) is 50.2 Å². The molecule has 8 atom stereocenters. The van der Waals surface area contributed by atoms with Gasteiger partial charge in [0.25, 0.3) is 0 Å². The smallest absolute Gasteiger partial charge is 0.331 e. The second-order valence-corrected chi connectivity index (χ2v) is 10.5. The Morgan fingerprint density at radius 2 is 2.00 bits per heavy atom. The zero-order chi connectivity index (χ0) is 17.9. The minimum atomic E-state index is -0.320. The Hall–Kier alpha value is -1.38. The number of nitrogens with one attached hydrogen (secondary N) is 1. The summed E-state index contributed by atoms with van der Waals surface area (Å²) in [6.07, 6.45) is 14.4. The zero-order valence-electron chi connectivity index (χ0n) is 15.9. The molecule has 6 aliphatic rings. The van der Waals surface area contributed by atoms with Crippen LogP contribution in [0.4, 0.5) is 0 Å². The van der Waals surface area contributed by atoms with Gasteiger partial charge in [-0.25, -0.2) is 4.79 Å². The molecule has 0 bridgehead atoms. The summed E-state index contributed by atoms with van der Waals surface area (Å²) < 4.78 is 6.11. The highest BCUT2D eigenvalue weighted by Crippen LogP contribution is 2.83. The summed E-state index contributed by atoms with van der Waals surface area (Å²) in [5, 5.41) is 8.06. The molecular weight excluding hydrogens is 322 g/mol. The second kappa shape index (κ2) is 4.54. The minimum absolute atomic E-state index is 0.108. The van der Waals surface area contributed by atoms with Crippen LogP contribution in [0.15, 0.2) is 23.8 Å². The number of ether oxygens (including phenoxy) is 1. The summed E-state index contributed by atoms with van der Waals surface area (Å²) in [4.78, 5) is 12.1. The SMILES string of the molecule is CC12CC1C1(C=CC(=O)O1)C1(C)CCC3C4CCC(=N)C=C4CCC3C21. The van der Waals surface area contributed by atoms with Crippen LogP contribution in [0, 0.1) is 45.8 Å². The number of allylic oxidation sites excluding steroid dienone is 2. The fraction of sp³-hybridized carbons (Fsp3) is 0.739. The Morgan fingerprint density at radius 1 is 1.15 bits per heavy atom. The molecule has 1 aliphatic heterocycles. The van der Waals surface area contributed by atoms with Crippen LogP contribution in [0.25, 0.3) is 0 Å². The molecule has 1 N–H and O–H groups in total. The van der Waals surface area contributed by atoms with E-state index in [1.807, 2.05) is 0 Å². The van der Waals surface area contributed by atoms with Crippen LogP contribution in [0.2, 0.25) is 0 Å². The fourth-order valence-electron chi connectivity index (χ4n) is 8.76. The van der Waals surface area contributed by atoms with E-state index in [2.05, 4.69) is 26.0 Å². The van der Waals surface area contributed by atoms with Gasteiger partial charge in [0.2, 0.25) is 0 Å². The van der Waals surface area contributed by atoms with E-state index in [0.29, 0.717) is 23.2 Å². The van der Waals surface area contributed by atoms with Gasteiger partial charge in [-0.15, -0.1) is 0 Å². The number of carbonyl (C=O) groups is 1. The normalized spacial score (nSPS) is 56.4. The van der Waals surface area contributed by atoms with Crippen molar-refractivity contribution in [1.82, 2.24) is 0 Å². The van der Waals surface area contributed by atoms with Crippen LogP contribution < -0.4 is 0 Å². The lowest BCUT2D eigenvalue weighted by molar-refractivity contribution is -0.168. The van der Waals surface area contributed by atoms with Crippen molar-refractivity contribution < 1.29 is 9.53 Å². The lowest BCUT2D eigenvalue weighted by atomic mass is 9.48. The molecule has 0 amide bonds. The van der Waals surface area contributed by atoms with E-state index in [-0.39, 0.29) is 17.0 Å². The number of hydrogen-bond donors (Lipinski definition) is 1. The first-order valence-electron chi connectivity index (χ1n) is 10.6. The van der Waals surface area contributed by atoms with Crippen LogP contribution in [-0.2, 0) is 9.53 Å². The molecule has 4 fully saturated rings. The number of esters is 1. The molecule has 0 saturated heterocycles. The zero-order valence-corrected chi connectivity index (χ0v) is 15.9. The number of fused-ring (bicyclic) bond motifs is 9. The lowest BCUT2D eigenvalue weighted by Gasteiger charge is -2.57. The van der Waals surface area contributed by atoms with Crippen LogP contribution in [0.3, 0.4) is 0 Å². The highest BCUT2D eigenvalue weighted by Gasteiger charge is 2.82. The van der Waals surface area contributed by atoms with Crippen molar-refractivity contribution in [2.45, 2.75) is 64.4 Å². The van der Waals surface area contributed by atoms with Crippen LogP contribution in [0.1, 0.15) is 58.8 Å². The van der Waals surface area contributed by atoms with E-state index < -0.39 is 0 Å². The van der Waals surface area contributed by atoms with Gasteiger partial charge in [-0.05, 0) is 86.2 Å². The maximum absolute atomic E-state index is 12.1. The lowest BCUT2D eigenvalue weighted by Crippen LogP contribution is -2.55. The summed E-state index contributed by atoms with van der Waals surface area (Å²) in [6.45, 7) is 4.93. The molecular formula is C23H29NO2. The van der Waals surface area contributed by atoms with Crippen molar-refractivity contribution >= 4 is 11.7 Å². The Labute approximate surface area is 155 Å². The van der Waals surface area contributed by atoms with E-state index in [1.165, 1.54) is 38.5 Å². The molecule has 0 aromatic carbocycles. The van der Waals surface area contributed by atoms with E-state index in [9.17, 15) is 4.79 Å². The summed E-state index contributed by atoms with van der Waals surface area (Å²) in [6, 6.07) is 0. The number of hydrogen-bond acceptors (Lipinski definition) is 3. The Morgan fingerprint density at radius 3 is 2.77 bits per heavy atom. The molecule has 8 unspecified atom stereocenters. The first-order valence-corrected chi connectivity index (χ1v) is 10.6. The Balaban J connectivity index is 1.41. The van der Waals surface area contributed by atoms with Crippen LogP contribution >= 0.6 is 0 Å². The third-order valence-electron chi connectivity index (χ3n) is 9.64. The van der Waals surface area contributed by atoms with Gasteiger partial charge in [0, 0.05) is 23.1 Å². The molecule has 5 aliphatic carbocycles. The van der Waals surface area contributed by atoms with Gasteiger partial charge in [-0.2, -0.15) is 0 Å². The Kier molecular flexibility index (Phi) is 2.73. The van der Waals surface area contributed by atoms with E-state index in [0.717, 1.165) is 24.0 Å². The van der Waals surface area contributed by atoms with Gasteiger partial charge in [-0.3, -0.25) is 0 Å². The summed E-state index contributed by atoms with van der Waals surface area (Å²) in [7, 11) is 0. The second-order valence-electron chi connectivity index (χ2n) is 10.5. The molecule has 0 aromatic heterocycles. The van der Waals surface area contributed by atoms with Crippen LogP contribution in [0.5, 0.6) is 0 Å². The average molecular weight is 351 g/mol. The largest absolute Gasteiger partial charge is 0.451 e. The van der Waals surface area contributed by atoms with Crippen molar-refractivity contribution in [3.8, 4) is 0 Å². The first-order chi connectivity index (χ1) is 12.4. The minimum Gasteiger partial charge on any atom is -0.451 e. The van der Waals surface area contributed by atoms with Crippen molar-refractivity contribution in [2.75, 3.05) is 0 Å². The molecule has 1 heterocycles. The monoisotopic (exact) mass is 351 g/mol. The molecule has 26 heavy (non-hydrogen) atoms. The predicted molar refractivity (Wildman–Crippen MR) is 99.8 cm³/mol. The number of rotatable bonds is 0. The van der Waals surface area contributed by atoms with Gasteiger partial charge in [0.05, 0.1) is 0 Å². The molecule has 1 spiro atoms. The standard InChI is InChI=1S/C23H29NO2/c1-21-12-18(21)23(10-8-19(25)26-23)22(2)9-7-16-15-6-4-14(24)11-13(15)3-5-17(16)20(21)22/h8,10-11,15-18,20,24H,3-7,9,12H2,1-2H3. The van der Waals surface area contributed by atoms with Crippen molar-refractivity contribution in [2.24, 2.45) is 40.4 Å². The molecule has 0 radical (unpaired) electrons. The van der Waals surface area contributed by atoms with Crippen molar-refractivity contribution in [3.63, 3.8) is 0 Å². The quantitative estimate of drug-likeness (QED) is 0.644. The third-order valence-corrected chi connectivity index (χ3v) is 9.64. The van der Waals surface area contributed by atoms with E-state index >= 15 is 0 Å². The van der Waals surface area contributed by atoms with Crippen LogP contribution in [-0.4, -0.2) is 17.3 Å². The predicted octanol–water partition coefficient (Wildman–Crippen LogP) is 4.68. The van der Waals surface area contributed by atoms with E-state index in [4.69, 9.17) is 10.1 Å². The molecule has 3 heteroatoms.